The summed E-state index contributed by atoms with van der Waals surface area (Å²) in [5, 5.41) is 9.53. The van der Waals surface area contributed by atoms with Crippen molar-refractivity contribution in [1.29, 1.82) is 0 Å². The van der Waals surface area contributed by atoms with Crippen LogP contribution in [0, 0.1) is 20.8 Å². The van der Waals surface area contributed by atoms with Gasteiger partial charge in [-0.2, -0.15) is 0 Å². The van der Waals surface area contributed by atoms with Crippen molar-refractivity contribution >= 4 is 29.3 Å². The van der Waals surface area contributed by atoms with Gasteiger partial charge in [-0.05, 0) is 50.6 Å². The van der Waals surface area contributed by atoms with Crippen molar-refractivity contribution in [3.8, 4) is 0 Å². The Labute approximate surface area is 174 Å². The summed E-state index contributed by atoms with van der Waals surface area (Å²) in [6, 6.07) is 12.7. The highest BCUT2D eigenvalue weighted by Crippen LogP contribution is 2.29. The van der Waals surface area contributed by atoms with Gasteiger partial charge in [0.25, 0.3) is 11.8 Å². The highest BCUT2D eigenvalue weighted by Gasteiger charge is 2.17. The molecule has 3 aromatic rings. The number of aryl methyl sites for hydroxylation is 2. The Morgan fingerprint density at radius 2 is 1.72 bits per heavy atom. The predicted molar refractivity (Wildman–Crippen MR) is 115 cm³/mol. The molecule has 0 bridgehead atoms. The first-order valence-corrected chi connectivity index (χ1v) is 10.2. The molecule has 0 radical (unpaired) electrons. The molecule has 7 heteroatoms. The molecule has 0 aliphatic carbocycles. The molecule has 0 spiro atoms. The van der Waals surface area contributed by atoms with Crippen LogP contribution in [0.3, 0.4) is 0 Å². The minimum absolute atomic E-state index is 0.186. The van der Waals surface area contributed by atoms with Gasteiger partial charge in [-0.1, -0.05) is 23.4 Å². The molecular weight excluding hydrogens is 386 g/mol. The fourth-order valence-corrected chi connectivity index (χ4v) is 4.18. The maximum atomic E-state index is 13.0. The molecule has 0 fully saturated rings. The Balaban J connectivity index is 1.81. The number of amides is 2. The topological polar surface area (TPSA) is 84.2 Å². The fourth-order valence-electron chi connectivity index (χ4n) is 2.98. The number of anilines is 1. The number of rotatable bonds is 6. The summed E-state index contributed by atoms with van der Waals surface area (Å²) < 4.78 is 5.22. The third-order valence-electron chi connectivity index (χ3n) is 4.74. The summed E-state index contributed by atoms with van der Waals surface area (Å²) in [5.74, 6) is 1.05. The Morgan fingerprint density at radius 3 is 2.41 bits per heavy atom. The number of nitrogens with one attached hydrogen (secondary N) is 2. The molecule has 1 heterocycles. The smallest absolute Gasteiger partial charge is 0.256 e. The standard InChI is InChI=1S/C22H23N3O3S/c1-13-16(21(26)23-4)9-7-10-19(13)24-22(27)17-8-5-6-11-20(17)29-12-18-14(2)25-28-15(18)3/h5-11H,12H2,1-4H3,(H,23,26)(H,24,27). The first-order valence-electron chi connectivity index (χ1n) is 9.19. The van der Waals surface area contributed by atoms with Crippen LogP contribution in [0.25, 0.3) is 0 Å². The number of nitrogens with zero attached hydrogens (tertiary/aromatic N) is 1. The van der Waals surface area contributed by atoms with Gasteiger partial charge in [0.2, 0.25) is 0 Å². The van der Waals surface area contributed by atoms with Crippen LogP contribution < -0.4 is 10.6 Å². The Bertz CT molecular complexity index is 1040. The second-order valence-electron chi connectivity index (χ2n) is 6.60. The fraction of sp³-hybridized carbons (Fsp3) is 0.227. The quantitative estimate of drug-likeness (QED) is 0.586. The molecule has 0 unspecified atom stereocenters. The van der Waals surface area contributed by atoms with Gasteiger partial charge in [0.05, 0.1) is 11.3 Å². The molecule has 1 aromatic heterocycles. The highest BCUT2D eigenvalue weighted by atomic mass is 32.2. The zero-order valence-electron chi connectivity index (χ0n) is 16.8. The number of carbonyl (C=O) groups excluding carboxylic acids is 2. The Hall–Kier alpha value is -3.06. The summed E-state index contributed by atoms with van der Waals surface area (Å²) in [7, 11) is 1.58. The summed E-state index contributed by atoms with van der Waals surface area (Å²) in [4.78, 5) is 25.9. The second kappa shape index (κ2) is 8.96. The maximum Gasteiger partial charge on any atom is 0.256 e. The van der Waals surface area contributed by atoms with E-state index in [0.717, 1.165) is 27.5 Å². The molecule has 0 atom stereocenters. The second-order valence-corrected chi connectivity index (χ2v) is 7.62. The van der Waals surface area contributed by atoms with Gasteiger partial charge in [0.15, 0.2) is 0 Å². The molecule has 29 heavy (non-hydrogen) atoms. The van der Waals surface area contributed by atoms with Crippen molar-refractivity contribution in [3.05, 3.63) is 76.2 Å². The van der Waals surface area contributed by atoms with E-state index < -0.39 is 0 Å². The molecule has 150 valence electrons. The van der Waals surface area contributed by atoms with E-state index in [4.69, 9.17) is 4.52 Å². The number of hydrogen-bond donors (Lipinski definition) is 2. The van der Waals surface area contributed by atoms with Gasteiger partial charge in [-0.25, -0.2) is 0 Å². The van der Waals surface area contributed by atoms with Gasteiger partial charge in [0.1, 0.15) is 5.76 Å². The van der Waals surface area contributed by atoms with Crippen molar-refractivity contribution in [1.82, 2.24) is 10.5 Å². The van der Waals surface area contributed by atoms with Crippen molar-refractivity contribution in [2.45, 2.75) is 31.4 Å². The first-order chi connectivity index (χ1) is 13.9. The average Bonchev–Trinajstić information content (AvgIpc) is 3.05. The van der Waals surface area contributed by atoms with E-state index in [1.807, 2.05) is 39.0 Å². The van der Waals surface area contributed by atoms with Gasteiger partial charge >= 0.3 is 0 Å². The zero-order chi connectivity index (χ0) is 21.0. The van der Waals surface area contributed by atoms with E-state index in [1.165, 1.54) is 0 Å². The van der Waals surface area contributed by atoms with Crippen LogP contribution in [0.1, 0.15) is 43.3 Å². The normalized spacial score (nSPS) is 10.6. The minimum atomic E-state index is -0.219. The summed E-state index contributed by atoms with van der Waals surface area (Å²) in [6.45, 7) is 5.61. The highest BCUT2D eigenvalue weighted by molar-refractivity contribution is 7.98. The van der Waals surface area contributed by atoms with Crippen molar-refractivity contribution < 1.29 is 14.1 Å². The predicted octanol–water partition coefficient (Wildman–Crippen LogP) is 4.50. The summed E-state index contributed by atoms with van der Waals surface area (Å²) >= 11 is 1.56. The molecule has 0 aliphatic heterocycles. The van der Waals surface area contributed by atoms with Crippen LogP contribution in [0.4, 0.5) is 5.69 Å². The van der Waals surface area contributed by atoms with Gasteiger partial charge in [-0.15, -0.1) is 11.8 Å². The van der Waals surface area contributed by atoms with Crippen molar-refractivity contribution in [3.63, 3.8) is 0 Å². The van der Waals surface area contributed by atoms with Crippen LogP contribution in [0.5, 0.6) is 0 Å². The molecule has 0 aliphatic rings. The number of hydrogen-bond acceptors (Lipinski definition) is 5. The van der Waals surface area contributed by atoms with Crippen LogP contribution in [-0.2, 0) is 5.75 Å². The molecule has 0 saturated carbocycles. The average molecular weight is 410 g/mol. The van der Waals surface area contributed by atoms with Crippen LogP contribution in [-0.4, -0.2) is 24.0 Å². The Morgan fingerprint density at radius 1 is 1.00 bits per heavy atom. The number of thioether (sulfide) groups is 1. The van der Waals surface area contributed by atoms with Crippen molar-refractivity contribution in [2.24, 2.45) is 0 Å². The zero-order valence-corrected chi connectivity index (χ0v) is 17.6. The van der Waals surface area contributed by atoms with Gasteiger partial charge in [0, 0.05) is 34.5 Å². The SMILES string of the molecule is CNC(=O)c1cccc(NC(=O)c2ccccc2SCc2c(C)noc2C)c1C. The van der Waals surface area contributed by atoms with E-state index in [2.05, 4.69) is 15.8 Å². The number of aromatic nitrogens is 1. The first kappa shape index (κ1) is 20.7. The maximum absolute atomic E-state index is 13.0. The largest absolute Gasteiger partial charge is 0.361 e. The molecule has 3 rings (SSSR count). The van der Waals surface area contributed by atoms with Crippen LogP contribution in [0.15, 0.2) is 51.9 Å². The summed E-state index contributed by atoms with van der Waals surface area (Å²) in [5.41, 5.74) is 4.35. The Kier molecular flexibility index (Phi) is 6.39. The van der Waals surface area contributed by atoms with Crippen LogP contribution in [0.2, 0.25) is 0 Å². The third kappa shape index (κ3) is 4.51. The van der Waals surface area contributed by atoms with Gasteiger partial charge < -0.3 is 15.2 Å². The van der Waals surface area contributed by atoms with Crippen LogP contribution >= 0.6 is 11.8 Å². The minimum Gasteiger partial charge on any atom is -0.361 e. The van der Waals surface area contributed by atoms with E-state index in [0.29, 0.717) is 22.6 Å². The van der Waals surface area contributed by atoms with E-state index in [-0.39, 0.29) is 11.8 Å². The molecule has 2 amide bonds. The number of carbonyl (C=O) groups is 2. The molecule has 0 saturated heterocycles. The molecule has 2 aromatic carbocycles. The van der Waals surface area contributed by atoms with E-state index in [9.17, 15) is 9.59 Å². The molecule has 6 nitrogen and oxygen atoms in total. The van der Waals surface area contributed by atoms with E-state index in [1.54, 1.807) is 43.1 Å². The lowest BCUT2D eigenvalue weighted by molar-refractivity contribution is 0.0960. The lowest BCUT2D eigenvalue weighted by Crippen LogP contribution is -2.20. The van der Waals surface area contributed by atoms with E-state index >= 15 is 0 Å². The lowest BCUT2D eigenvalue weighted by atomic mass is 10.1. The molecule has 2 N–H and O–H groups in total. The lowest BCUT2D eigenvalue weighted by Gasteiger charge is -2.13. The monoisotopic (exact) mass is 409 g/mol. The van der Waals surface area contributed by atoms with Crippen molar-refractivity contribution in [2.75, 3.05) is 12.4 Å². The van der Waals surface area contributed by atoms with Gasteiger partial charge in [-0.3, -0.25) is 9.59 Å². The summed E-state index contributed by atoms with van der Waals surface area (Å²) in [6.07, 6.45) is 0. The number of benzene rings is 2. The molecular formula is C22H23N3O3S. The third-order valence-corrected chi connectivity index (χ3v) is 5.84.